The molecule has 1 aliphatic carbocycles. The maximum Gasteiger partial charge on any atom is 0.407 e. The van der Waals surface area contributed by atoms with Crippen LogP contribution in [0, 0.1) is 11.3 Å². The van der Waals surface area contributed by atoms with Crippen molar-refractivity contribution in [3.05, 3.63) is 54.1 Å². The molecule has 5 nitrogen and oxygen atoms in total. The molecule has 0 heterocycles. The number of carbonyl (C=O) groups is 1. The first-order valence-electron chi connectivity index (χ1n) is 11.0. The summed E-state index contributed by atoms with van der Waals surface area (Å²) in [7, 11) is -1.14. The fraction of sp³-hybridized carbons (Fsp3) is 0.440. The van der Waals surface area contributed by atoms with Gasteiger partial charge in [0.25, 0.3) is 0 Å². The predicted octanol–water partition coefficient (Wildman–Crippen LogP) is 4.96. The van der Waals surface area contributed by atoms with Gasteiger partial charge in [0.15, 0.2) is 0 Å². The summed E-state index contributed by atoms with van der Waals surface area (Å²) in [6.07, 6.45) is -2.91. The van der Waals surface area contributed by atoms with Crippen molar-refractivity contribution >= 4 is 16.7 Å². The quantitative estimate of drug-likeness (QED) is 0.468. The molecule has 2 aromatic carbocycles. The number of carbonyl (C=O) groups excluding carboxylic acids is 1. The molecule has 2 aromatic rings. The van der Waals surface area contributed by atoms with Crippen molar-refractivity contribution in [1.82, 2.24) is 10.6 Å². The standard InChI is InChI=1S/C25H27F4N3O2S/c1-23(2,26)14-20(22(33)32-24(15-30)12-13-24)31-21(25(27,28)29)18-6-4-16(5-7-18)17-8-10-19(11-9-17)35(3)34/h4-11,20-21,31H,12-14H2,1-3H3,(H,32,33)/t20-,21?,35-/m0/s1. The molecule has 1 fully saturated rings. The molecule has 0 radical (unpaired) electrons. The summed E-state index contributed by atoms with van der Waals surface area (Å²) >= 11 is 0. The van der Waals surface area contributed by atoms with Crippen LogP contribution in [0.2, 0.25) is 0 Å². The first-order chi connectivity index (χ1) is 16.2. The SMILES string of the molecule is C[S@](=O)c1ccc(-c2ccc(C(N[C@@H](CC(C)(C)F)C(=O)NC3(C#N)CC3)C(F)(F)F)cc2)cc1. The van der Waals surface area contributed by atoms with Crippen molar-refractivity contribution in [3.8, 4) is 17.2 Å². The molecule has 2 N–H and O–H groups in total. The molecule has 0 bridgehead atoms. The highest BCUT2D eigenvalue weighted by Crippen LogP contribution is 2.37. The molecule has 10 heteroatoms. The molecule has 0 aromatic heterocycles. The van der Waals surface area contributed by atoms with E-state index in [1.54, 1.807) is 30.5 Å². The number of halogens is 4. The largest absolute Gasteiger partial charge is 0.407 e. The van der Waals surface area contributed by atoms with Crippen LogP contribution in [0.4, 0.5) is 17.6 Å². The number of hydrogen-bond donors (Lipinski definition) is 2. The molecule has 0 spiro atoms. The van der Waals surface area contributed by atoms with E-state index >= 15 is 0 Å². The van der Waals surface area contributed by atoms with E-state index in [-0.39, 0.29) is 5.56 Å². The lowest BCUT2D eigenvalue weighted by Gasteiger charge is -2.30. The van der Waals surface area contributed by atoms with E-state index in [9.17, 15) is 31.8 Å². The van der Waals surface area contributed by atoms with Crippen molar-refractivity contribution in [3.63, 3.8) is 0 Å². The first kappa shape index (κ1) is 26.8. The van der Waals surface area contributed by atoms with Crippen LogP contribution in [0.25, 0.3) is 11.1 Å². The zero-order valence-corrected chi connectivity index (χ0v) is 20.4. The van der Waals surface area contributed by atoms with Gasteiger partial charge < -0.3 is 5.32 Å². The Morgan fingerprint density at radius 3 is 1.97 bits per heavy atom. The van der Waals surface area contributed by atoms with Crippen LogP contribution < -0.4 is 10.6 Å². The molecule has 1 aliphatic rings. The third-order valence-electron chi connectivity index (χ3n) is 5.79. The lowest BCUT2D eigenvalue weighted by molar-refractivity contribution is -0.161. The van der Waals surface area contributed by atoms with Crippen LogP contribution in [-0.2, 0) is 15.6 Å². The minimum Gasteiger partial charge on any atom is -0.336 e. The maximum absolute atomic E-state index is 14.4. The van der Waals surface area contributed by atoms with Gasteiger partial charge >= 0.3 is 6.18 Å². The molecule has 0 aliphatic heterocycles. The monoisotopic (exact) mass is 509 g/mol. The zero-order chi connectivity index (χ0) is 26.0. The van der Waals surface area contributed by atoms with Gasteiger partial charge in [0.2, 0.25) is 5.91 Å². The number of nitrogens with zero attached hydrogens (tertiary/aromatic N) is 1. The Morgan fingerprint density at radius 1 is 1.06 bits per heavy atom. The maximum atomic E-state index is 14.4. The Hall–Kier alpha value is -2.77. The van der Waals surface area contributed by atoms with E-state index in [0.717, 1.165) is 5.56 Å². The minimum atomic E-state index is -4.76. The van der Waals surface area contributed by atoms with E-state index in [1.165, 1.54) is 38.1 Å². The van der Waals surface area contributed by atoms with E-state index in [4.69, 9.17) is 0 Å². The van der Waals surface area contributed by atoms with Crippen LogP contribution in [0.1, 0.15) is 44.7 Å². The van der Waals surface area contributed by atoms with Gasteiger partial charge in [-0.3, -0.25) is 14.3 Å². The highest BCUT2D eigenvalue weighted by atomic mass is 32.2. The number of rotatable bonds is 9. The molecule has 1 unspecified atom stereocenters. The van der Waals surface area contributed by atoms with Gasteiger partial charge in [-0.2, -0.15) is 18.4 Å². The number of alkyl halides is 4. The zero-order valence-electron chi connectivity index (χ0n) is 19.6. The fourth-order valence-electron chi connectivity index (χ4n) is 3.71. The lowest BCUT2D eigenvalue weighted by atomic mass is 9.96. The summed E-state index contributed by atoms with van der Waals surface area (Å²) in [4.78, 5) is 13.4. The highest BCUT2D eigenvalue weighted by molar-refractivity contribution is 7.84. The highest BCUT2D eigenvalue weighted by Gasteiger charge is 2.48. The minimum absolute atomic E-state index is 0.136. The first-order valence-corrected chi connectivity index (χ1v) is 12.6. The Balaban J connectivity index is 1.85. The number of nitrogens with one attached hydrogen (secondary N) is 2. The summed E-state index contributed by atoms with van der Waals surface area (Å²) < 4.78 is 68.1. The number of hydrogen-bond acceptors (Lipinski definition) is 4. The Morgan fingerprint density at radius 2 is 1.57 bits per heavy atom. The molecule has 0 saturated heterocycles. The van der Waals surface area contributed by atoms with Crippen molar-refractivity contribution in [2.45, 2.75) is 67.5 Å². The van der Waals surface area contributed by atoms with Crippen LogP contribution in [0.5, 0.6) is 0 Å². The average molecular weight is 510 g/mol. The van der Waals surface area contributed by atoms with E-state index in [1.807, 2.05) is 6.07 Å². The fourth-order valence-corrected chi connectivity index (χ4v) is 4.23. The Bertz CT molecular complexity index is 1120. The van der Waals surface area contributed by atoms with E-state index in [2.05, 4.69) is 10.6 Å². The molecule has 188 valence electrons. The van der Waals surface area contributed by atoms with Crippen molar-refractivity contribution in [1.29, 1.82) is 5.26 Å². The summed E-state index contributed by atoms with van der Waals surface area (Å²) in [5.74, 6) is -0.839. The third kappa shape index (κ3) is 7.12. The van der Waals surface area contributed by atoms with Gasteiger partial charge in [-0.15, -0.1) is 0 Å². The van der Waals surface area contributed by atoms with Gasteiger partial charge in [0.05, 0.1) is 12.1 Å². The van der Waals surface area contributed by atoms with Gasteiger partial charge in [0.1, 0.15) is 17.2 Å². The molecule has 3 rings (SSSR count). The van der Waals surface area contributed by atoms with Crippen LogP contribution in [0.15, 0.2) is 53.4 Å². The van der Waals surface area contributed by atoms with Gasteiger partial charge in [-0.1, -0.05) is 36.4 Å². The molecule has 1 saturated carbocycles. The Labute approximate surface area is 204 Å². The van der Waals surface area contributed by atoms with Crippen LogP contribution in [0.3, 0.4) is 0 Å². The predicted molar refractivity (Wildman–Crippen MR) is 125 cm³/mol. The summed E-state index contributed by atoms with van der Waals surface area (Å²) in [6, 6.07) is 10.7. The van der Waals surface area contributed by atoms with Crippen molar-refractivity contribution < 1.29 is 26.6 Å². The number of benzene rings is 2. The van der Waals surface area contributed by atoms with Crippen LogP contribution >= 0.6 is 0 Å². The summed E-state index contributed by atoms with van der Waals surface area (Å²) in [6.45, 7) is 2.37. The molecule has 35 heavy (non-hydrogen) atoms. The molecule has 3 atom stereocenters. The number of nitriles is 1. The second-order valence-corrected chi connectivity index (χ2v) is 10.8. The topological polar surface area (TPSA) is 82.0 Å². The van der Waals surface area contributed by atoms with Crippen molar-refractivity contribution in [2.75, 3.05) is 6.26 Å². The summed E-state index contributed by atoms with van der Waals surface area (Å²) in [5.41, 5.74) is -1.75. The second kappa shape index (κ2) is 10.1. The third-order valence-corrected chi connectivity index (χ3v) is 6.73. The molecule has 1 amide bonds. The number of amides is 1. The summed E-state index contributed by atoms with van der Waals surface area (Å²) in [5, 5.41) is 14.0. The van der Waals surface area contributed by atoms with Gasteiger partial charge in [0, 0.05) is 28.4 Å². The van der Waals surface area contributed by atoms with Gasteiger partial charge in [-0.25, -0.2) is 4.39 Å². The van der Waals surface area contributed by atoms with Crippen molar-refractivity contribution in [2.24, 2.45) is 0 Å². The lowest BCUT2D eigenvalue weighted by Crippen LogP contribution is -2.53. The molecular weight excluding hydrogens is 482 g/mol. The van der Waals surface area contributed by atoms with Gasteiger partial charge in [-0.05, 0) is 55.5 Å². The Kier molecular flexibility index (Phi) is 7.72. The average Bonchev–Trinajstić information content (AvgIpc) is 3.55. The normalized spacial score (nSPS) is 17.7. The second-order valence-electron chi connectivity index (χ2n) is 9.40. The van der Waals surface area contributed by atoms with E-state index in [0.29, 0.717) is 23.3 Å². The molecular formula is C25H27F4N3O2S. The van der Waals surface area contributed by atoms with E-state index < -0.39 is 52.6 Å². The van der Waals surface area contributed by atoms with Crippen LogP contribution in [-0.4, -0.2) is 39.8 Å². The smallest absolute Gasteiger partial charge is 0.336 e.